The number of aromatic nitrogens is 5. The molecule has 1 saturated carbocycles. The zero-order valence-electron chi connectivity index (χ0n) is 21.9. The number of hydrogen-bond donors (Lipinski definition) is 1. The number of nitriles is 1. The molecular formula is C28H30N8O2. The van der Waals surface area contributed by atoms with Gasteiger partial charge in [0.25, 0.3) is 0 Å². The quantitative estimate of drug-likeness (QED) is 0.433. The van der Waals surface area contributed by atoms with Crippen LogP contribution < -0.4 is 10.2 Å². The maximum absolute atomic E-state index is 12.0. The van der Waals surface area contributed by atoms with Crippen molar-refractivity contribution in [1.29, 1.82) is 5.26 Å². The summed E-state index contributed by atoms with van der Waals surface area (Å²) in [7, 11) is 1.88. The van der Waals surface area contributed by atoms with Gasteiger partial charge in [0.2, 0.25) is 0 Å². The van der Waals surface area contributed by atoms with Gasteiger partial charge in [-0.2, -0.15) is 15.5 Å². The molecule has 38 heavy (non-hydrogen) atoms. The highest BCUT2D eigenvalue weighted by atomic mass is 16.6. The highest BCUT2D eigenvalue weighted by Crippen LogP contribution is 2.52. The topological polar surface area (TPSA) is 113 Å². The number of hydrogen-bond acceptors (Lipinski definition) is 7. The van der Waals surface area contributed by atoms with Crippen LogP contribution in [0.1, 0.15) is 26.3 Å². The lowest BCUT2D eigenvalue weighted by molar-refractivity contribution is 0.0524. The van der Waals surface area contributed by atoms with Crippen molar-refractivity contribution in [3.63, 3.8) is 0 Å². The Morgan fingerprint density at radius 2 is 1.89 bits per heavy atom. The number of anilines is 1. The van der Waals surface area contributed by atoms with Crippen molar-refractivity contribution in [2.24, 2.45) is 24.8 Å². The molecule has 0 aromatic carbocycles. The third-order valence-electron chi connectivity index (χ3n) is 7.41. The Balaban J connectivity index is 1.17. The van der Waals surface area contributed by atoms with Crippen LogP contribution in [0.5, 0.6) is 0 Å². The minimum atomic E-state index is -0.488. The van der Waals surface area contributed by atoms with Crippen molar-refractivity contribution in [3.8, 4) is 28.3 Å². The molecule has 194 valence electrons. The van der Waals surface area contributed by atoms with Gasteiger partial charge in [0, 0.05) is 67.5 Å². The van der Waals surface area contributed by atoms with E-state index in [0.29, 0.717) is 29.9 Å². The van der Waals surface area contributed by atoms with Crippen LogP contribution in [0.2, 0.25) is 0 Å². The molecule has 0 bridgehead atoms. The molecule has 1 amide bonds. The first-order valence-corrected chi connectivity index (χ1v) is 12.8. The molecule has 1 saturated heterocycles. The lowest BCUT2D eigenvalue weighted by atomic mass is 10.0. The van der Waals surface area contributed by atoms with Gasteiger partial charge in [0.1, 0.15) is 17.5 Å². The van der Waals surface area contributed by atoms with E-state index in [4.69, 9.17) is 9.72 Å². The van der Waals surface area contributed by atoms with Crippen molar-refractivity contribution >= 4 is 17.4 Å². The molecule has 3 atom stereocenters. The second-order valence-corrected chi connectivity index (χ2v) is 11.2. The SMILES string of the molecule is Cn1cc(-c2cc(-c3ccc(N4C[C@@H]5C(CNC(=O)OC(C)(C)C)[C@@H]5C4)nc3)c3c(C#N)cnn3c2)cn1. The normalized spacial score (nSPS) is 20.3. The second kappa shape index (κ2) is 8.87. The number of carbonyl (C=O) groups excluding carboxylic acids is 1. The monoisotopic (exact) mass is 510 g/mol. The molecule has 10 heteroatoms. The minimum absolute atomic E-state index is 0.351. The third kappa shape index (κ3) is 4.45. The van der Waals surface area contributed by atoms with Gasteiger partial charge in [-0.1, -0.05) is 0 Å². The molecule has 5 heterocycles. The second-order valence-electron chi connectivity index (χ2n) is 11.2. The first-order valence-electron chi connectivity index (χ1n) is 12.8. The molecule has 1 aliphatic heterocycles. The van der Waals surface area contributed by atoms with Crippen molar-refractivity contribution in [2.75, 3.05) is 24.5 Å². The standard InChI is InChI=1S/C28H30N8O2/c1-28(2,3)38-27(37)31-12-22-23-15-35(16-24(22)23)25-6-5-17(9-30-25)21-7-18(20-11-32-34(4)13-20)14-36-26(21)19(8-29)10-33-36/h5-7,9-11,13-14,22-24H,12,15-16H2,1-4H3,(H,31,37)/t22?,23-,24+. The lowest BCUT2D eigenvalue weighted by Crippen LogP contribution is -2.35. The molecule has 4 aromatic rings. The minimum Gasteiger partial charge on any atom is -0.444 e. The number of piperidine rings is 1. The number of ether oxygens (including phenoxy) is 1. The zero-order chi connectivity index (χ0) is 26.6. The fourth-order valence-electron chi connectivity index (χ4n) is 5.54. The van der Waals surface area contributed by atoms with Crippen LogP contribution in [0.25, 0.3) is 27.8 Å². The van der Waals surface area contributed by atoms with E-state index in [0.717, 1.165) is 46.7 Å². The fourth-order valence-corrected chi connectivity index (χ4v) is 5.54. The molecule has 1 N–H and O–H groups in total. The van der Waals surface area contributed by atoms with E-state index in [-0.39, 0.29) is 6.09 Å². The van der Waals surface area contributed by atoms with Crippen molar-refractivity contribution in [1.82, 2.24) is 29.7 Å². The van der Waals surface area contributed by atoms with Gasteiger partial charge in [-0.15, -0.1) is 0 Å². The number of carbonyl (C=O) groups is 1. The molecule has 10 nitrogen and oxygen atoms in total. The number of pyridine rings is 2. The maximum Gasteiger partial charge on any atom is 0.407 e. The van der Waals surface area contributed by atoms with Crippen LogP contribution in [0.3, 0.4) is 0 Å². The smallest absolute Gasteiger partial charge is 0.407 e. The van der Waals surface area contributed by atoms with E-state index < -0.39 is 5.60 Å². The number of amides is 1. The van der Waals surface area contributed by atoms with Crippen LogP contribution in [0, 0.1) is 29.1 Å². The summed E-state index contributed by atoms with van der Waals surface area (Å²) < 4.78 is 8.86. The van der Waals surface area contributed by atoms with Crippen LogP contribution in [-0.2, 0) is 11.8 Å². The summed E-state index contributed by atoms with van der Waals surface area (Å²) in [5.74, 6) is 2.56. The zero-order valence-corrected chi connectivity index (χ0v) is 21.9. The van der Waals surface area contributed by atoms with Crippen molar-refractivity contribution < 1.29 is 9.53 Å². The number of fused-ring (bicyclic) bond motifs is 2. The third-order valence-corrected chi connectivity index (χ3v) is 7.41. The molecule has 1 aliphatic carbocycles. The van der Waals surface area contributed by atoms with Gasteiger partial charge in [-0.3, -0.25) is 4.68 Å². The van der Waals surface area contributed by atoms with Gasteiger partial charge in [-0.05, 0) is 56.7 Å². The van der Waals surface area contributed by atoms with Crippen LogP contribution in [0.4, 0.5) is 10.6 Å². The highest BCUT2D eigenvalue weighted by molar-refractivity contribution is 5.87. The molecule has 6 rings (SSSR count). The van der Waals surface area contributed by atoms with E-state index in [1.165, 1.54) is 0 Å². The van der Waals surface area contributed by atoms with Gasteiger partial charge in [0.15, 0.2) is 0 Å². The van der Waals surface area contributed by atoms with E-state index in [2.05, 4.69) is 38.6 Å². The number of nitrogens with zero attached hydrogens (tertiary/aromatic N) is 7. The summed E-state index contributed by atoms with van der Waals surface area (Å²) in [6.07, 6.45) is 8.81. The Kier molecular flexibility index (Phi) is 5.60. The Bertz CT molecular complexity index is 1540. The van der Waals surface area contributed by atoms with Gasteiger partial charge in [0.05, 0.1) is 23.5 Å². The summed E-state index contributed by atoms with van der Waals surface area (Å²) in [5, 5.41) is 21.3. The number of alkyl carbamates (subject to hydrolysis) is 1. The van der Waals surface area contributed by atoms with E-state index in [1.807, 2.05) is 58.7 Å². The van der Waals surface area contributed by atoms with Gasteiger partial charge < -0.3 is 15.0 Å². The average molecular weight is 511 g/mol. The van der Waals surface area contributed by atoms with Crippen LogP contribution >= 0.6 is 0 Å². The largest absolute Gasteiger partial charge is 0.444 e. The number of rotatable bonds is 5. The summed E-state index contributed by atoms with van der Waals surface area (Å²) in [5.41, 5.74) is 4.55. The first-order chi connectivity index (χ1) is 18.2. The van der Waals surface area contributed by atoms with Crippen LogP contribution in [0.15, 0.2) is 49.2 Å². The van der Waals surface area contributed by atoms with Crippen LogP contribution in [-0.4, -0.2) is 55.7 Å². The summed E-state index contributed by atoms with van der Waals surface area (Å²) in [6.45, 7) is 8.12. The van der Waals surface area contributed by atoms with Gasteiger partial charge >= 0.3 is 6.09 Å². The van der Waals surface area contributed by atoms with Crippen molar-refractivity contribution in [3.05, 3.63) is 54.7 Å². The van der Waals surface area contributed by atoms with Gasteiger partial charge in [-0.25, -0.2) is 14.3 Å². The Hall–Kier alpha value is -4.39. The summed E-state index contributed by atoms with van der Waals surface area (Å²) in [4.78, 5) is 19.1. The first kappa shape index (κ1) is 24.0. The Morgan fingerprint density at radius 1 is 1.11 bits per heavy atom. The van der Waals surface area contributed by atoms with E-state index >= 15 is 0 Å². The highest BCUT2D eigenvalue weighted by Gasteiger charge is 2.55. The molecule has 1 unspecified atom stereocenters. The van der Waals surface area contributed by atoms with Crippen molar-refractivity contribution in [2.45, 2.75) is 26.4 Å². The van der Waals surface area contributed by atoms with E-state index in [9.17, 15) is 10.1 Å². The lowest BCUT2D eigenvalue weighted by Gasteiger charge is -2.22. The molecule has 0 spiro atoms. The predicted octanol–water partition coefficient (Wildman–Crippen LogP) is 3.88. The number of aryl methyl sites for hydroxylation is 1. The molecule has 2 aliphatic rings. The Labute approximate surface area is 220 Å². The predicted molar refractivity (Wildman–Crippen MR) is 142 cm³/mol. The molecule has 4 aromatic heterocycles. The number of nitrogens with one attached hydrogen (secondary N) is 1. The average Bonchev–Trinajstić information content (AvgIpc) is 3.32. The Morgan fingerprint density at radius 3 is 2.53 bits per heavy atom. The fraction of sp³-hybridized carbons (Fsp3) is 0.393. The molecule has 2 fully saturated rings. The molecular weight excluding hydrogens is 480 g/mol. The van der Waals surface area contributed by atoms with E-state index in [1.54, 1.807) is 15.4 Å². The molecule has 0 radical (unpaired) electrons. The maximum atomic E-state index is 12.0. The summed E-state index contributed by atoms with van der Waals surface area (Å²) >= 11 is 0. The summed E-state index contributed by atoms with van der Waals surface area (Å²) in [6, 6.07) is 8.43.